The lowest BCUT2D eigenvalue weighted by Gasteiger charge is -2.37. The molecule has 1 heterocycles. The highest BCUT2D eigenvalue weighted by molar-refractivity contribution is 14.0. The molecular weight excluding hydrogens is 469 g/mol. The van der Waals surface area contributed by atoms with E-state index in [0.29, 0.717) is 23.9 Å². The Kier molecular flexibility index (Phi) is 10.3. The van der Waals surface area contributed by atoms with Crippen molar-refractivity contribution in [1.29, 1.82) is 0 Å². The van der Waals surface area contributed by atoms with Crippen LogP contribution in [0.15, 0.2) is 29.3 Å². The molecule has 28 heavy (non-hydrogen) atoms. The summed E-state index contributed by atoms with van der Waals surface area (Å²) in [5.41, 5.74) is 6.55. The third-order valence-corrected chi connectivity index (χ3v) is 4.55. The van der Waals surface area contributed by atoms with Gasteiger partial charge in [0.2, 0.25) is 5.91 Å². The standard InChI is InChI=1S/C20H31N5O2.HI/c1-4-22-20(25-12-14(2)9-15(3)13-25)24-10-16-5-7-17(8-6-16)19(27)23-11-18(21)26;/h5-8,14-15H,4,9-13H2,1-3H3,(H2,21,26)(H,22,24)(H,23,27);1H. The Morgan fingerprint density at radius 3 is 2.29 bits per heavy atom. The zero-order chi connectivity index (χ0) is 19.8. The van der Waals surface area contributed by atoms with Gasteiger partial charge in [-0.15, -0.1) is 24.0 Å². The van der Waals surface area contributed by atoms with Crippen LogP contribution in [-0.4, -0.2) is 48.9 Å². The Labute approximate surface area is 184 Å². The molecule has 1 aromatic carbocycles. The van der Waals surface area contributed by atoms with Crippen molar-refractivity contribution in [3.63, 3.8) is 0 Å². The molecule has 156 valence electrons. The van der Waals surface area contributed by atoms with Crippen LogP contribution in [0.1, 0.15) is 43.1 Å². The van der Waals surface area contributed by atoms with Gasteiger partial charge in [0.25, 0.3) is 5.91 Å². The molecule has 0 saturated carbocycles. The number of amides is 2. The second kappa shape index (κ2) is 11.9. The SMILES string of the molecule is CCNC(=NCc1ccc(C(=O)NCC(N)=O)cc1)N1CC(C)CC(C)C1.I. The van der Waals surface area contributed by atoms with Gasteiger partial charge in [-0.25, -0.2) is 4.99 Å². The van der Waals surface area contributed by atoms with E-state index in [0.717, 1.165) is 31.2 Å². The summed E-state index contributed by atoms with van der Waals surface area (Å²) in [6.07, 6.45) is 1.26. The number of benzene rings is 1. The Bertz CT molecular complexity index is 668. The number of carbonyl (C=O) groups is 2. The first-order valence-electron chi connectivity index (χ1n) is 9.57. The van der Waals surface area contributed by atoms with Crippen molar-refractivity contribution in [2.75, 3.05) is 26.2 Å². The first-order valence-corrected chi connectivity index (χ1v) is 9.57. The fourth-order valence-corrected chi connectivity index (χ4v) is 3.46. The monoisotopic (exact) mass is 501 g/mol. The second-order valence-electron chi connectivity index (χ2n) is 7.37. The average Bonchev–Trinajstić information content (AvgIpc) is 2.62. The van der Waals surface area contributed by atoms with Gasteiger partial charge in [0.05, 0.1) is 13.1 Å². The number of halogens is 1. The minimum Gasteiger partial charge on any atom is -0.368 e. The van der Waals surface area contributed by atoms with Crippen LogP contribution in [0.3, 0.4) is 0 Å². The van der Waals surface area contributed by atoms with Crippen LogP contribution >= 0.6 is 24.0 Å². The molecule has 1 aromatic rings. The summed E-state index contributed by atoms with van der Waals surface area (Å²) in [5.74, 6) is 1.39. The van der Waals surface area contributed by atoms with Crippen LogP contribution in [0.2, 0.25) is 0 Å². The maximum absolute atomic E-state index is 11.9. The summed E-state index contributed by atoms with van der Waals surface area (Å²) in [6, 6.07) is 7.24. The lowest BCUT2D eigenvalue weighted by atomic mass is 9.92. The Hall–Kier alpha value is -1.84. The van der Waals surface area contributed by atoms with Gasteiger partial charge in [-0.2, -0.15) is 0 Å². The molecule has 2 unspecified atom stereocenters. The summed E-state index contributed by atoms with van der Waals surface area (Å²) in [5, 5.41) is 5.87. The largest absolute Gasteiger partial charge is 0.368 e. The van der Waals surface area contributed by atoms with Gasteiger partial charge in [0.15, 0.2) is 5.96 Å². The van der Waals surface area contributed by atoms with E-state index in [2.05, 4.69) is 36.3 Å². The average molecular weight is 501 g/mol. The predicted molar refractivity (Wildman–Crippen MR) is 123 cm³/mol. The van der Waals surface area contributed by atoms with Crippen LogP contribution < -0.4 is 16.4 Å². The zero-order valence-electron chi connectivity index (χ0n) is 16.9. The highest BCUT2D eigenvalue weighted by Gasteiger charge is 2.23. The van der Waals surface area contributed by atoms with Gasteiger partial charge in [-0.05, 0) is 42.9 Å². The molecule has 0 aromatic heterocycles. The van der Waals surface area contributed by atoms with E-state index in [4.69, 9.17) is 10.7 Å². The number of piperidine rings is 1. The third-order valence-electron chi connectivity index (χ3n) is 4.55. The molecule has 0 spiro atoms. The number of rotatable bonds is 6. The zero-order valence-corrected chi connectivity index (χ0v) is 19.2. The molecule has 0 radical (unpaired) electrons. The smallest absolute Gasteiger partial charge is 0.251 e. The van der Waals surface area contributed by atoms with E-state index in [1.54, 1.807) is 12.1 Å². The first-order chi connectivity index (χ1) is 12.9. The van der Waals surface area contributed by atoms with Crippen LogP contribution in [-0.2, 0) is 11.3 Å². The Morgan fingerprint density at radius 2 is 1.75 bits per heavy atom. The van der Waals surface area contributed by atoms with E-state index in [1.165, 1.54) is 6.42 Å². The molecule has 7 nitrogen and oxygen atoms in total. The maximum atomic E-state index is 11.9. The van der Waals surface area contributed by atoms with Crippen molar-refractivity contribution in [2.24, 2.45) is 22.6 Å². The van der Waals surface area contributed by atoms with Crippen molar-refractivity contribution < 1.29 is 9.59 Å². The molecule has 1 aliphatic rings. The van der Waals surface area contributed by atoms with Gasteiger partial charge >= 0.3 is 0 Å². The summed E-state index contributed by atoms with van der Waals surface area (Å²) >= 11 is 0. The van der Waals surface area contributed by atoms with Crippen LogP contribution in [0.5, 0.6) is 0 Å². The van der Waals surface area contributed by atoms with E-state index in [1.807, 2.05) is 12.1 Å². The number of nitrogens with one attached hydrogen (secondary N) is 2. The predicted octanol–water partition coefficient (Wildman–Crippen LogP) is 1.96. The van der Waals surface area contributed by atoms with Gasteiger partial charge in [0, 0.05) is 25.2 Å². The second-order valence-corrected chi connectivity index (χ2v) is 7.37. The lowest BCUT2D eigenvalue weighted by Crippen LogP contribution is -2.48. The molecule has 4 N–H and O–H groups in total. The van der Waals surface area contributed by atoms with E-state index < -0.39 is 5.91 Å². The maximum Gasteiger partial charge on any atom is 0.251 e. The molecule has 0 bridgehead atoms. The number of nitrogens with zero attached hydrogens (tertiary/aromatic N) is 2. The molecular formula is C20H32IN5O2. The molecule has 2 rings (SSSR count). The summed E-state index contributed by atoms with van der Waals surface area (Å²) in [4.78, 5) is 29.8. The summed E-state index contributed by atoms with van der Waals surface area (Å²) < 4.78 is 0. The fourth-order valence-electron chi connectivity index (χ4n) is 3.46. The Morgan fingerprint density at radius 1 is 1.14 bits per heavy atom. The van der Waals surface area contributed by atoms with Crippen molar-refractivity contribution in [2.45, 2.75) is 33.7 Å². The number of carbonyl (C=O) groups excluding carboxylic acids is 2. The number of likely N-dealkylation sites (tertiary alicyclic amines) is 1. The topological polar surface area (TPSA) is 99.8 Å². The molecule has 1 fully saturated rings. The quantitative estimate of drug-likeness (QED) is 0.315. The van der Waals surface area contributed by atoms with Crippen LogP contribution in [0, 0.1) is 11.8 Å². The van der Waals surface area contributed by atoms with Crippen molar-refractivity contribution in [1.82, 2.24) is 15.5 Å². The van der Waals surface area contributed by atoms with Crippen molar-refractivity contribution in [3.8, 4) is 0 Å². The Balaban J connectivity index is 0.00000392. The molecule has 8 heteroatoms. The highest BCUT2D eigenvalue weighted by atomic mass is 127. The minimum absolute atomic E-state index is 0. The van der Waals surface area contributed by atoms with E-state index in [-0.39, 0.29) is 36.4 Å². The van der Waals surface area contributed by atoms with Crippen LogP contribution in [0.4, 0.5) is 0 Å². The molecule has 2 atom stereocenters. The van der Waals surface area contributed by atoms with Gasteiger partial charge < -0.3 is 21.3 Å². The van der Waals surface area contributed by atoms with Crippen molar-refractivity contribution >= 4 is 41.8 Å². The van der Waals surface area contributed by atoms with E-state index in [9.17, 15) is 9.59 Å². The van der Waals surface area contributed by atoms with Gasteiger partial charge in [-0.3, -0.25) is 9.59 Å². The normalized spacial score (nSPS) is 19.5. The lowest BCUT2D eigenvalue weighted by molar-refractivity contribution is -0.117. The molecule has 1 aliphatic heterocycles. The molecule has 0 aliphatic carbocycles. The number of guanidine groups is 1. The highest BCUT2D eigenvalue weighted by Crippen LogP contribution is 2.21. The molecule has 1 saturated heterocycles. The van der Waals surface area contributed by atoms with Gasteiger partial charge in [-0.1, -0.05) is 26.0 Å². The van der Waals surface area contributed by atoms with E-state index >= 15 is 0 Å². The number of hydrogen-bond donors (Lipinski definition) is 3. The summed E-state index contributed by atoms with van der Waals surface area (Å²) in [7, 11) is 0. The minimum atomic E-state index is -0.563. The summed E-state index contributed by atoms with van der Waals surface area (Å²) in [6.45, 7) is 9.91. The number of aliphatic imine (C=N–C) groups is 1. The third kappa shape index (κ3) is 7.65. The van der Waals surface area contributed by atoms with Crippen LogP contribution in [0.25, 0.3) is 0 Å². The number of nitrogens with two attached hydrogens (primary N) is 1. The molecule has 2 amide bonds. The number of hydrogen-bond acceptors (Lipinski definition) is 3. The number of primary amides is 1. The fraction of sp³-hybridized carbons (Fsp3) is 0.550. The van der Waals surface area contributed by atoms with Gasteiger partial charge in [0.1, 0.15) is 0 Å². The first kappa shape index (κ1) is 24.2. The van der Waals surface area contributed by atoms with Crippen molar-refractivity contribution in [3.05, 3.63) is 35.4 Å².